The lowest BCUT2D eigenvalue weighted by atomic mass is 10.2. The molecule has 0 atom stereocenters. The van der Waals surface area contributed by atoms with Crippen LogP contribution in [0.15, 0.2) is 0 Å². The molecule has 82 valence electrons. The van der Waals surface area contributed by atoms with Gasteiger partial charge in [0.25, 0.3) is 0 Å². The molecule has 0 bridgehead atoms. The maximum Gasteiger partial charge on any atom is 0.324 e. The molecule has 0 aliphatic heterocycles. The average molecular weight is 200 g/mol. The molecule has 0 rings (SSSR count). The van der Waals surface area contributed by atoms with Crippen molar-refractivity contribution in [2.75, 3.05) is 6.54 Å². The minimum atomic E-state index is -0.291. The van der Waals surface area contributed by atoms with E-state index in [0.717, 1.165) is 6.42 Å². The van der Waals surface area contributed by atoms with E-state index in [-0.39, 0.29) is 18.0 Å². The summed E-state index contributed by atoms with van der Waals surface area (Å²) in [6, 6.07) is -0.374. The van der Waals surface area contributed by atoms with Crippen molar-refractivity contribution in [3.63, 3.8) is 0 Å². The fourth-order valence-electron chi connectivity index (χ4n) is 1.21. The lowest BCUT2D eigenvalue weighted by molar-refractivity contribution is -0.129. The van der Waals surface area contributed by atoms with Crippen LogP contribution in [0.4, 0.5) is 4.79 Å². The van der Waals surface area contributed by atoms with Gasteiger partial charge in [-0.2, -0.15) is 0 Å². The number of urea groups is 1. The smallest absolute Gasteiger partial charge is 0.324 e. The highest BCUT2D eigenvalue weighted by atomic mass is 16.2. The first-order chi connectivity index (χ1) is 6.54. The predicted molar refractivity (Wildman–Crippen MR) is 56.0 cm³/mol. The van der Waals surface area contributed by atoms with Crippen molar-refractivity contribution in [1.82, 2.24) is 10.2 Å². The second-order valence-electron chi connectivity index (χ2n) is 3.44. The highest BCUT2D eigenvalue weighted by molar-refractivity contribution is 5.94. The van der Waals surface area contributed by atoms with E-state index in [1.807, 2.05) is 27.7 Å². The topological polar surface area (TPSA) is 49.4 Å². The first-order valence-electron chi connectivity index (χ1n) is 5.14. The van der Waals surface area contributed by atoms with Crippen LogP contribution in [0.1, 0.15) is 40.5 Å². The molecule has 0 heterocycles. The van der Waals surface area contributed by atoms with Crippen LogP contribution in [0.5, 0.6) is 0 Å². The van der Waals surface area contributed by atoms with E-state index in [9.17, 15) is 9.59 Å². The molecule has 0 unspecified atom stereocenters. The summed E-state index contributed by atoms with van der Waals surface area (Å²) in [6.07, 6.45) is 1.19. The third-order valence-electron chi connectivity index (χ3n) is 1.80. The Morgan fingerprint density at radius 1 is 1.29 bits per heavy atom. The largest absolute Gasteiger partial charge is 0.338 e. The molecule has 0 saturated heterocycles. The molecule has 3 amide bonds. The van der Waals surface area contributed by atoms with Crippen LogP contribution in [0.3, 0.4) is 0 Å². The Labute approximate surface area is 85.7 Å². The highest BCUT2D eigenvalue weighted by Gasteiger charge is 2.22. The molecule has 4 nitrogen and oxygen atoms in total. The van der Waals surface area contributed by atoms with Gasteiger partial charge < -0.3 is 5.32 Å². The summed E-state index contributed by atoms with van der Waals surface area (Å²) >= 11 is 0. The molecule has 0 aliphatic carbocycles. The van der Waals surface area contributed by atoms with Gasteiger partial charge in [-0.15, -0.1) is 0 Å². The minimum Gasteiger partial charge on any atom is -0.338 e. The molecule has 0 fully saturated rings. The van der Waals surface area contributed by atoms with Crippen molar-refractivity contribution >= 4 is 11.9 Å². The molecule has 4 heteroatoms. The second kappa shape index (κ2) is 6.40. The summed E-state index contributed by atoms with van der Waals surface area (Å²) in [7, 11) is 0. The zero-order chi connectivity index (χ0) is 11.1. The number of carbonyl (C=O) groups excluding carboxylic acids is 2. The van der Waals surface area contributed by atoms with Crippen LogP contribution in [-0.4, -0.2) is 29.4 Å². The first kappa shape index (κ1) is 12.9. The molecule has 0 saturated carbocycles. The van der Waals surface area contributed by atoms with E-state index in [1.165, 1.54) is 4.90 Å². The number of nitrogens with zero attached hydrogens (tertiary/aromatic N) is 1. The molecule has 0 radical (unpaired) electrons. The Morgan fingerprint density at radius 3 is 2.21 bits per heavy atom. The first-order valence-corrected chi connectivity index (χ1v) is 5.14. The third kappa shape index (κ3) is 3.77. The van der Waals surface area contributed by atoms with E-state index in [1.54, 1.807) is 0 Å². The highest BCUT2D eigenvalue weighted by Crippen LogP contribution is 2.03. The quantitative estimate of drug-likeness (QED) is 0.751. The normalized spacial score (nSPS) is 10.1. The standard InChI is InChI=1S/C10H20N2O2/c1-5-7-9(13)12(8(3)4)10(14)11-6-2/h8H,5-7H2,1-4H3,(H,11,14). The van der Waals surface area contributed by atoms with Gasteiger partial charge in [0.05, 0.1) is 0 Å². The molecule has 0 spiro atoms. The maximum absolute atomic E-state index is 11.6. The summed E-state index contributed by atoms with van der Waals surface area (Å²) in [4.78, 5) is 24.3. The summed E-state index contributed by atoms with van der Waals surface area (Å²) in [5, 5.41) is 2.63. The Hall–Kier alpha value is -1.06. The minimum absolute atomic E-state index is 0.0828. The van der Waals surface area contributed by atoms with Gasteiger partial charge in [0.2, 0.25) is 5.91 Å². The molecule has 1 N–H and O–H groups in total. The van der Waals surface area contributed by atoms with Gasteiger partial charge in [0.15, 0.2) is 0 Å². The van der Waals surface area contributed by atoms with Crippen molar-refractivity contribution in [3.05, 3.63) is 0 Å². The van der Waals surface area contributed by atoms with Crippen molar-refractivity contribution in [3.8, 4) is 0 Å². The molecular formula is C10H20N2O2. The van der Waals surface area contributed by atoms with E-state index in [4.69, 9.17) is 0 Å². The van der Waals surface area contributed by atoms with Gasteiger partial charge in [-0.1, -0.05) is 6.92 Å². The van der Waals surface area contributed by atoms with Gasteiger partial charge in [-0.3, -0.25) is 9.69 Å². The van der Waals surface area contributed by atoms with E-state index in [2.05, 4.69) is 5.32 Å². The lowest BCUT2D eigenvalue weighted by Crippen LogP contribution is -2.47. The van der Waals surface area contributed by atoms with Crippen molar-refractivity contribution in [2.45, 2.75) is 46.6 Å². The van der Waals surface area contributed by atoms with Crippen LogP contribution in [0.2, 0.25) is 0 Å². The number of imide groups is 1. The fraction of sp³-hybridized carbons (Fsp3) is 0.800. The van der Waals surface area contributed by atoms with Crippen molar-refractivity contribution in [2.24, 2.45) is 0 Å². The Bertz CT molecular complexity index is 184. The van der Waals surface area contributed by atoms with Gasteiger partial charge >= 0.3 is 6.03 Å². The predicted octanol–water partition coefficient (Wildman–Crippen LogP) is 1.75. The van der Waals surface area contributed by atoms with Crippen LogP contribution < -0.4 is 5.32 Å². The Balaban J connectivity index is 4.42. The molecule has 0 aromatic rings. The number of rotatable bonds is 4. The van der Waals surface area contributed by atoms with Crippen LogP contribution >= 0.6 is 0 Å². The summed E-state index contributed by atoms with van der Waals surface area (Å²) in [5.74, 6) is -0.103. The zero-order valence-corrected chi connectivity index (χ0v) is 9.46. The van der Waals surface area contributed by atoms with E-state index in [0.29, 0.717) is 13.0 Å². The molecule has 0 aliphatic rings. The number of nitrogens with one attached hydrogen (secondary N) is 1. The zero-order valence-electron chi connectivity index (χ0n) is 9.46. The van der Waals surface area contributed by atoms with Gasteiger partial charge in [0.1, 0.15) is 0 Å². The van der Waals surface area contributed by atoms with Crippen LogP contribution in [-0.2, 0) is 4.79 Å². The Morgan fingerprint density at radius 2 is 1.86 bits per heavy atom. The number of hydrogen-bond donors (Lipinski definition) is 1. The van der Waals surface area contributed by atoms with Gasteiger partial charge in [0, 0.05) is 19.0 Å². The van der Waals surface area contributed by atoms with E-state index >= 15 is 0 Å². The number of carbonyl (C=O) groups is 2. The molecule has 0 aromatic carbocycles. The third-order valence-corrected chi connectivity index (χ3v) is 1.80. The number of amides is 3. The summed E-state index contributed by atoms with van der Waals surface area (Å²) in [5.41, 5.74) is 0. The second-order valence-corrected chi connectivity index (χ2v) is 3.44. The average Bonchev–Trinajstić information content (AvgIpc) is 2.04. The molecular weight excluding hydrogens is 180 g/mol. The van der Waals surface area contributed by atoms with Gasteiger partial charge in [-0.05, 0) is 27.2 Å². The maximum atomic E-state index is 11.6. The number of hydrogen-bond acceptors (Lipinski definition) is 2. The summed E-state index contributed by atoms with van der Waals surface area (Å²) < 4.78 is 0. The van der Waals surface area contributed by atoms with E-state index < -0.39 is 0 Å². The van der Waals surface area contributed by atoms with Crippen molar-refractivity contribution < 1.29 is 9.59 Å². The lowest BCUT2D eigenvalue weighted by Gasteiger charge is -2.24. The SMILES string of the molecule is CCCC(=O)N(C(=O)NCC)C(C)C. The van der Waals surface area contributed by atoms with Crippen LogP contribution in [0, 0.1) is 0 Å². The fourth-order valence-corrected chi connectivity index (χ4v) is 1.21. The Kier molecular flexibility index (Phi) is 5.92. The summed E-state index contributed by atoms with van der Waals surface area (Å²) in [6.45, 7) is 7.97. The molecule has 14 heavy (non-hydrogen) atoms. The van der Waals surface area contributed by atoms with Gasteiger partial charge in [-0.25, -0.2) is 4.79 Å². The monoisotopic (exact) mass is 200 g/mol. The molecule has 0 aromatic heterocycles. The van der Waals surface area contributed by atoms with Crippen LogP contribution in [0.25, 0.3) is 0 Å². The van der Waals surface area contributed by atoms with Crippen molar-refractivity contribution in [1.29, 1.82) is 0 Å².